The molecular formula is C8H11N3O. The molecule has 4 nitrogen and oxygen atoms in total. The first-order chi connectivity index (χ1) is 5.81. The number of carbonyl (C=O) groups is 1. The standard InChI is InChI=1S/C8H11N3O/c1-11-3-8-7(9-5-10-8)2-6(11)4-12/h4-6H,2-3H2,1H3,(H,9,10)/t6-/m0/s1. The van der Waals surface area contributed by atoms with Crippen LogP contribution in [-0.2, 0) is 17.8 Å². The summed E-state index contributed by atoms with van der Waals surface area (Å²) in [4.78, 5) is 19.9. The molecule has 2 heterocycles. The number of nitrogens with zero attached hydrogens (tertiary/aromatic N) is 2. The zero-order valence-corrected chi connectivity index (χ0v) is 6.95. The van der Waals surface area contributed by atoms with Crippen LogP contribution in [-0.4, -0.2) is 34.2 Å². The molecule has 1 aromatic rings. The number of rotatable bonds is 1. The van der Waals surface area contributed by atoms with Crippen molar-refractivity contribution in [3.63, 3.8) is 0 Å². The van der Waals surface area contributed by atoms with Crippen LogP contribution < -0.4 is 0 Å². The van der Waals surface area contributed by atoms with Crippen LogP contribution in [0.1, 0.15) is 11.4 Å². The van der Waals surface area contributed by atoms with Gasteiger partial charge < -0.3 is 9.78 Å². The fourth-order valence-electron chi connectivity index (χ4n) is 1.53. The van der Waals surface area contributed by atoms with Gasteiger partial charge in [-0.05, 0) is 7.05 Å². The Morgan fingerprint density at radius 3 is 3.42 bits per heavy atom. The van der Waals surface area contributed by atoms with Gasteiger partial charge in [0.05, 0.1) is 23.8 Å². The Kier molecular flexibility index (Phi) is 1.69. The molecular weight excluding hydrogens is 154 g/mol. The van der Waals surface area contributed by atoms with Crippen LogP contribution in [0.3, 0.4) is 0 Å². The summed E-state index contributed by atoms with van der Waals surface area (Å²) in [6.45, 7) is 0.790. The first-order valence-electron chi connectivity index (χ1n) is 3.98. The van der Waals surface area contributed by atoms with Gasteiger partial charge in [-0.2, -0.15) is 0 Å². The third-order valence-electron chi connectivity index (χ3n) is 2.34. The van der Waals surface area contributed by atoms with E-state index in [1.165, 1.54) is 0 Å². The Bertz CT molecular complexity index is 294. The van der Waals surface area contributed by atoms with E-state index in [1.54, 1.807) is 6.33 Å². The minimum absolute atomic E-state index is 0.000741. The Hall–Kier alpha value is -1.16. The normalized spacial score (nSPS) is 23.6. The molecule has 1 aromatic heterocycles. The van der Waals surface area contributed by atoms with Crippen LogP contribution in [0.2, 0.25) is 0 Å². The highest BCUT2D eigenvalue weighted by Gasteiger charge is 2.24. The lowest BCUT2D eigenvalue weighted by molar-refractivity contribution is -0.112. The molecule has 12 heavy (non-hydrogen) atoms. The van der Waals surface area contributed by atoms with Crippen LogP contribution in [0, 0.1) is 0 Å². The lowest BCUT2D eigenvalue weighted by Gasteiger charge is -2.27. The van der Waals surface area contributed by atoms with E-state index in [1.807, 2.05) is 11.9 Å². The number of hydrogen-bond acceptors (Lipinski definition) is 3. The van der Waals surface area contributed by atoms with Crippen molar-refractivity contribution < 1.29 is 4.79 Å². The smallest absolute Gasteiger partial charge is 0.137 e. The number of aromatic amines is 1. The Morgan fingerprint density at radius 2 is 2.67 bits per heavy atom. The highest BCUT2D eigenvalue weighted by atomic mass is 16.1. The number of fused-ring (bicyclic) bond motifs is 1. The largest absolute Gasteiger partial charge is 0.347 e. The molecule has 0 amide bonds. The number of aldehydes is 1. The Morgan fingerprint density at radius 1 is 1.83 bits per heavy atom. The van der Waals surface area contributed by atoms with E-state index in [9.17, 15) is 4.79 Å². The zero-order chi connectivity index (χ0) is 8.55. The van der Waals surface area contributed by atoms with Gasteiger partial charge in [0, 0.05) is 13.0 Å². The van der Waals surface area contributed by atoms with Crippen molar-refractivity contribution in [2.45, 2.75) is 19.0 Å². The minimum atomic E-state index is 0.000741. The van der Waals surface area contributed by atoms with Gasteiger partial charge in [0.1, 0.15) is 6.29 Å². The van der Waals surface area contributed by atoms with Gasteiger partial charge in [-0.25, -0.2) is 4.98 Å². The number of nitrogens with one attached hydrogen (secondary N) is 1. The van der Waals surface area contributed by atoms with Gasteiger partial charge in [-0.1, -0.05) is 0 Å². The molecule has 64 valence electrons. The van der Waals surface area contributed by atoms with E-state index >= 15 is 0 Å². The molecule has 0 saturated carbocycles. The minimum Gasteiger partial charge on any atom is -0.347 e. The average Bonchev–Trinajstić information content (AvgIpc) is 2.49. The van der Waals surface area contributed by atoms with Crippen molar-refractivity contribution in [1.82, 2.24) is 14.9 Å². The summed E-state index contributed by atoms with van der Waals surface area (Å²) in [6.07, 6.45) is 3.40. The molecule has 0 unspecified atom stereocenters. The lowest BCUT2D eigenvalue weighted by atomic mass is 10.1. The van der Waals surface area contributed by atoms with E-state index in [0.29, 0.717) is 0 Å². The summed E-state index contributed by atoms with van der Waals surface area (Å²) < 4.78 is 0. The van der Waals surface area contributed by atoms with Crippen LogP contribution >= 0.6 is 0 Å². The molecule has 0 fully saturated rings. The molecule has 0 aliphatic carbocycles. The second-order valence-corrected chi connectivity index (χ2v) is 3.15. The highest BCUT2D eigenvalue weighted by molar-refractivity contribution is 5.59. The molecule has 1 aliphatic rings. The van der Waals surface area contributed by atoms with E-state index in [2.05, 4.69) is 9.97 Å². The van der Waals surface area contributed by atoms with Gasteiger partial charge in [0.25, 0.3) is 0 Å². The molecule has 2 rings (SSSR count). The van der Waals surface area contributed by atoms with E-state index in [4.69, 9.17) is 0 Å². The second kappa shape index (κ2) is 2.71. The second-order valence-electron chi connectivity index (χ2n) is 3.15. The van der Waals surface area contributed by atoms with Crippen molar-refractivity contribution in [2.75, 3.05) is 7.05 Å². The first-order valence-corrected chi connectivity index (χ1v) is 3.98. The molecule has 1 N–H and O–H groups in total. The Balaban J connectivity index is 2.28. The average molecular weight is 165 g/mol. The fraction of sp³-hybridized carbons (Fsp3) is 0.500. The third-order valence-corrected chi connectivity index (χ3v) is 2.34. The van der Waals surface area contributed by atoms with Gasteiger partial charge in [0.15, 0.2) is 0 Å². The molecule has 1 aliphatic heterocycles. The van der Waals surface area contributed by atoms with Crippen LogP contribution in [0.15, 0.2) is 6.33 Å². The predicted octanol–water partition coefficient (Wildman–Crippen LogP) is -0.0349. The van der Waals surface area contributed by atoms with Crippen molar-refractivity contribution in [3.8, 4) is 0 Å². The van der Waals surface area contributed by atoms with E-state index in [-0.39, 0.29) is 6.04 Å². The summed E-state index contributed by atoms with van der Waals surface area (Å²) in [5, 5.41) is 0. The molecule has 0 spiro atoms. The maximum absolute atomic E-state index is 10.6. The summed E-state index contributed by atoms with van der Waals surface area (Å²) in [5.74, 6) is 0. The fourth-order valence-corrected chi connectivity index (χ4v) is 1.53. The maximum Gasteiger partial charge on any atom is 0.137 e. The van der Waals surface area contributed by atoms with Gasteiger partial charge >= 0.3 is 0 Å². The van der Waals surface area contributed by atoms with Crippen molar-refractivity contribution >= 4 is 6.29 Å². The summed E-state index contributed by atoms with van der Waals surface area (Å²) in [7, 11) is 1.95. The number of H-pyrrole nitrogens is 1. The predicted molar refractivity (Wildman–Crippen MR) is 43.6 cm³/mol. The number of imidazole rings is 1. The maximum atomic E-state index is 10.6. The number of likely N-dealkylation sites (N-methyl/N-ethyl adjacent to an activating group) is 1. The van der Waals surface area contributed by atoms with Crippen molar-refractivity contribution in [1.29, 1.82) is 0 Å². The Labute approximate surface area is 70.6 Å². The molecule has 1 atom stereocenters. The summed E-state index contributed by atoms with van der Waals surface area (Å²) in [5.41, 5.74) is 2.17. The molecule has 4 heteroatoms. The molecule has 0 bridgehead atoms. The van der Waals surface area contributed by atoms with Gasteiger partial charge in [0.2, 0.25) is 0 Å². The highest BCUT2D eigenvalue weighted by Crippen LogP contribution is 2.17. The number of hydrogen-bond donors (Lipinski definition) is 1. The monoisotopic (exact) mass is 165 g/mol. The molecule has 0 radical (unpaired) electrons. The first kappa shape index (κ1) is 7.49. The summed E-state index contributed by atoms with van der Waals surface area (Å²) >= 11 is 0. The number of aromatic nitrogens is 2. The van der Waals surface area contributed by atoms with Crippen molar-refractivity contribution in [3.05, 3.63) is 17.7 Å². The third kappa shape index (κ3) is 1.04. The van der Waals surface area contributed by atoms with Crippen LogP contribution in [0.4, 0.5) is 0 Å². The van der Waals surface area contributed by atoms with Crippen molar-refractivity contribution in [2.24, 2.45) is 0 Å². The zero-order valence-electron chi connectivity index (χ0n) is 6.95. The molecule has 0 saturated heterocycles. The quantitative estimate of drug-likeness (QED) is 0.594. The SMILES string of the molecule is CN1Cc2[nH]cnc2C[C@H]1C=O. The number of carbonyl (C=O) groups excluding carboxylic acids is 1. The van der Waals surface area contributed by atoms with Crippen LogP contribution in [0.5, 0.6) is 0 Å². The lowest BCUT2D eigenvalue weighted by Crippen LogP contribution is -2.38. The van der Waals surface area contributed by atoms with Crippen LogP contribution in [0.25, 0.3) is 0 Å². The van der Waals surface area contributed by atoms with E-state index in [0.717, 1.165) is 30.6 Å². The molecule has 0 aromatic carbocycles. The van der Waals surface area contributed by atoms with Gasteiger partial charge in [-0.15, -0.1) is 0 Å². The van der Waals surface area contributed by atoms with Gasteiger partial charge in [-0.3, -0.25) is 4.90 Å². The summed E-state index contributed by atoms with van der Waals surface area (Å²) in [6, 6.07) is 0.000741. The topological polar surface area (TPSA) is 49.0 Å². The van der Waals surface area contributed by atoms with E-state index < -0.39 is 0 Å².